The molecule has 0 radical (unpaired) electrons. The number of carbonyl (C=O) groups excluding carboxylic acids is 1. The Hall–Kier alpha value is -3.55. The Kier molecular flexibility index (Phi) is 5.00. The number of carbonyl (C=O) groups is 1. The highest BCUT2D eigenvalue weighted by atomic mass is 32.1. The Morgan fingerprint density at radius 3 is 2.59 bits per heavy atom. The lowest BCUT2D eigenvalue weighted by Gasteiger charge is -2.26. The van der Waals surface area contributed by atoms with Gasteiger partial charge < -0.3 is 14.6 Å². The predicted octanol–water partition coefficient (Wildman–Crippen LogP) is 4.41. The van der Waals surface area contributed by atoms with Gasteiger partial charge in [0.1, 0.15) is 16.8 Å². The van der Waals surface area contributed by atoms with E-state index in [0.29, 0.717) is 40.0 Å². The minimum absolute atomic E-state index is 0.302. The number of methoxy groups -OCH3 is 1. The zero-order valence-corrected chi connectivity index (χ0v) is 18.3. The van der Waals surface area contributed by atoms with E-state index in [2.05, 4.69) is 8.75 Å². The first-order valence-electron chi connectivity index (χ1n) is 10.1. The molecule has 6 nitrogen and oxygen atoms in total. The van der Waals surface area contributed by atoms with Gasteiger partial charge in [-0.05, 0) is 42.3 Å². The topological polar surface area (TPSA) is 81.5 Å². The molecule has 3 aromatic carbocycles. The molecule has 2 heterocycles. The van der Waals surface area contributed by atoms with E-state index in [0.717, 1.165) is 28.4 Å². The maximum atomic E-state index is 13.1. The lowest BCUT2D eigenvalue weighted by Crippen LogP contribution is -2.29. The van der Waals surface area contributed by atoms with Crippen LogP contribution in [0.2, 0.25) is 0 Å². The smallest absolute Gasteiger partial charge is 0.342 e. The van der Waals surface area contributed by atoms with Crippen molar-refractivity contribution in [2.75, 3.05) is 7.11 Å². The van der Waals surface area contributed by atoms with Crippen LogP contribution in [-0.4, -0.2) is 26.9 Å². The van der Waals surface area contributed by atoms with E-state index >= 15 is 0 Å². The van der Waals surface area contributed by atoms with Crippen LogP contribution < -0.4 is 4.74 Å². The predicted molar refractivity (Wildman–Crippen MR) is 122 cm³/mol. The van der Waals surface area contributed by atoms with E-state index in [4.69, 9.17) is 9.47 Å². The van der Waals surface area contributed by atoms with Gasteiger partial charge in [0, 0.05) is 17.6 Å². The number of ether oxygens (including phenoxy) is 2. The third-order valence-corrected chi connectivity index (χ3v) is 6.21. The number of rotatable bonds is 5. The van der Waals surface area contributed by atoms with Gasteiger partial charge in [-0.15, -0.1) is 0 Å². The van der Waals surface area contributed by atoms with E-state index in [9.17, 15) is 9.90 Å². The second-order valence-electron chi connectivity index (χ2n) is 7.75. The van der Waals surface area contributed by atoms with Crippen LogP contribution >= 0.6 is 11.7 Å². The van der Waals surface area contributed by atoms with Crippen molar-refractivity contribution in [1.29, 1.82) is 0 Å². The molecule has 32 heavy (non-hydrogen) atoms. The number of esters is 1. The molecule has 0 bridgehead atoms. The highest BCUT2D eigenvalue weighted by molar-refractivity contribution is 7.00. The molecule has 5 rings (SSSR count). The van der Waals surface area contributed by atoms with E-state index in [1.807, 2.05) is 61.5 Å². The maximum Gasteiger partial charge on any atom is 0.342 e. The van der Waals surface area contributed by atoms with Crippen LogP contribution in [0.25, 0.3) is 16.6 Å². The Bertz CT molecular complexity index is 1360. The summed E-state index contributed by atoms with van der Waals surface area (Å²) in [5.74, 6) is -1.75. The summed E-state index contributed by atoms with van der Waals surface area (Å²) in [7, 11) is 1.60. The largest absolute Gasteiger partial charge is 0.497 e. The molecule has 1 aromatic heterocycles. The quantitative estimate of drug-likeness (QED) is 0.460. The van der Waals surface area contributed by atoms with Crippen molar-refractivity contribution in [3.63, 3.8) is 0 Å². The number of fused-ring (bicyclic) bond motifs is 1. The SMILES string of the molecule is COc1cccc(CC2=C(c3ccc4nsnc4c3)C(=O)OC2(O)c2ccc(C)cc2)c1. The van der Waals surface area contributed by atoms with Crippen LogP contribution in [0.4, 0.5) is 0 Å². The van der Waals surface area contributed by atoms with E-state index < -0.39 is 11.8 Å². The van der Waals surface area contributed by atoms with Crippen molar-refractivity contribution in [1.82, 2.24) is 8.75 Å². The number of hydrogen-bond acceptors (Lipinski definition) is 7. The van der Waals surface area contributed by atoms with Gasteiger partial charge in [-0.3, -0.25) is 0 Å². The van der Waals surface area contributed by atoms with Crippen molar-refractivity contribution in [2.45, 2.75) is 19.1 Å². The summed E-state index contributed by atoms with van der Waals surface area (Å²) in [5, 5.41) is 11.7. The van der Waals surface area contributed by atoms with Crippen molar-refractivity contribution in [2.24, 2.45) is 0 Å². The van der Waals surface area contributed by atoms with Crippen LogP contribution in [0, 0.1) is 6.92 Å². The summed E-state index contributed by atoms with van der Waals surface area (Å²) in [4.78, 5) is 13.1. The van der Waals surface area contributed by atoms with Crippen molar-refractivity contribution >= 4 is 34.3 Å². The fourth-order valence-electron chi connectivity index (χ4n) is 3.98. The fraction of sp³-hybridized carbons (Fsp3) is 0.160. The molecule has 0 fully saturated rings. The molecule has 1 atom stereocenters. The molecule has 1 aliphatic rings. The fourth-order valence-corrected chi connectivity index (χ4v) is 4.49. The zero-order valence-electron chi connectivity index (χ0n) is 17.5. The summed E-state index contributed by atoms with van der Waals surface area (Å²) < 4.78 is 19.5. The molecule has 160 valence electrons. The van der Waals surface area contributed by atoms with Crippen LogP contribution in [0.15, 0.2) is 72.3 Å². The van der Waals surface area contributed by atoms with E-state index in [1.54, 1.807) is 19.2 Å². The summed E-state index contributed by atoms with van der Waals surface area (Å²) in [6.07, 6.45) is 0.302. The van der Waals surface area contributed by atoms with Crippen molar-refractivity contribution in [3.8, 4) is 5.75 Å². The van der Waals surface area contributed by atoms with Crippen LogP contribution in [0.5, 0.6) is 5.75 Å². The molecule has 1 aliphatic heterocycles. The zero-order chi connectivity index (χ0) is 22.3. The highest BCUT2D eigenvalue weighted by Crippen LogP contribution is 2.45. The number of aromatic nitrogens is 2. The van der Waals surface area contributed by atoms with Gasteiger partial charge in [0.25, 0.3) is 5.79 Å². The van der Waals surface area contributed by atoms with Crippen molar-refractivity contribution in [3.05, 3.63) is 94.6 Å². The van der Waals surface area contributed by atoms with Crippen LogP contribution in [0.3, 0.4) is 0 Å². The standard InChI is InChI=1S/C25H20N2O4S/c1-15-6-9-18(10-7-15)25(29)20(13-16-4-3-5-19(12-16)30-2)23(24(28)31-25)17-8-11-21-22(14-17)27-32-26-21/h3-12,14,29H,13H2,1-2H3. The first-order valence-corrected chi connectivity index (χ1v) is 10.8. The Morgan fingerprint density at radius 1 is 1.03 bits per heavy atom. The summed E-state index contributed by atoms with van der Waals surface area (Å²) in [6, 6.07) is 20.3. The Balaban J connectivity index is 1.70. The number of nitrogens with zero attached hydrogens (tertiary/aromatic N) is 2. The van der Waals surface area contributed by atoms with Crippen molar-refractivity contribution < 1.29 is 19.4 Å². The second-order valence-corrected chi connectivity index (χ2v) is 8.28. The lowest BCUT2D eigenvalue weighted by atomic mass is 9.87. The molecule has 4 aromatic rings. The number of aliphatic hydroxyl groups is 1. The van der Waals surface area contributed by atoms with Gasteiger partial charge in [0.15, 0.2) is 0 Å². The first kappa shape index (κ1) is 20.4. The lowest BCUT2D eigenvalue weighted by molar-refractivity contribution is -0.185. The molecule has 0 aliphatic carbocycles. The normalized spacial score (nSPS) is 18.3. The molecular formula is C25H20N2O4S. The average Bonchev–Trinajstić information content (AvgIpc) is 3.36. The Morgan fingerprint density at radius 2 is 1.81 bits per heavy atom. The first-order chi connectivity index (χ1) is 15.5. The Labute approximate surface area is 189 Å². The summed E-state index contributed by atoms with van der Waals surface area (Å²) in [5.41, 5.74) is 5.33. The number of hydrogen-bond donors (Lipinski definition) is 1. The maximum absolute atomic E-state index is 13.1. The summed E-state index contributed by atoms with van der Waals surface area (Å²) in [6.45, 7) is 1.96. The minimum atomic E-state index is -1.88. The number of aryl methyl sites for hydroxylation is 1. The number of benzene rings is 3. The van der Waals surface area contributed by atoms with E-state index in [-0.39, 0.29) is 0 Å². The third-order valence-electron chi connectivity index (χ3n) is 5.66. The molecule has 0 saturated carbocycles. The van der Waals surface area contributed by atoms with Gasteiger partial charge in [-0.25, -0.2) is 4.79 Å². The third kappa shape index (κ3) is 3.45. The molecule has 1 unspecified atom stereocenters. The molecule has 0 amide bonds. The molecule has 0 saturated heterocycles. The van der Waals surface area contributed by atoms with Gasteiger partial charge in [0.05, 0.1) is 24.4 Å². The molecule has 7 heteroatoms. The monoisotopic (exact) mass is 444 g/mol. The molecule has 0 spiro atoms. The van der Waals surface area contributed by atoms with Gasteiger partial charge in [0.2, 0.25) is 0 Å². The molecular weight excluding hydrogens is 424 g/mol. The molecule has 1 N–H and O–H groups in total. The van der Waals surface area contributed by atoms with Crippen LogP contribution in [0.1, 0.15) is 22.3 Å². The average molecular weight is 445 g/mol. The van der Waals surface area contributed by atoms with Gasteiger partial charge in [-0.2, -0.15) is 8.75 Å². The highest BCUT2D eigenvalue weighted by Gasteiger charge is 2.48. The van der Waals surface area contributed by atoms with Crippen LogP contribution in [-0.2, 0) is 21.7 Å². The van der Waals surface area contributed by atoms with Gasteiger partial charge >= 0.3 is 5.97 Å². The van der Waals surface area contributed by atoms with E-state index in [1.165, 1.54) is 0 Å². The number of cyclic esters (lactones) is 1. The summed E-state index contributed by atoms with van der Waals surface area (Å²) >= 11 is 1.11. The van der Waals surface area contributed by atoms with Gasteiger partial charge in [-0.1, -0.05) is 48.0 Å². The second kappa shape index (κ2) is 7.85. The minimum Gasteiger partial charge on any atom is -0.497 e.